The van der Waals surface area contributed by atoms with Gasteiger partial charge in [0.2, 0.25) is 0 Å². The summed E-state index contributed by atoms with van der Waals surface area (Å²) in [7, 11) is 4.02. The van der Waals surface area contributed by atoms with Crippen LogP contribution in [-0.4, -0.2) is 63.5 Å². The predicted molar refractivity (Wildman–Crippen MR) is 109 cm³/mol. The Labute approximate surface area is 169 Å². The average Bonchev–Trinajstić information content (AvgIpc) is 2.70. The van der Waals surface area contributed by atoms with Crippen LogP contribution in [-0.2, 0) is 9.47 Å². The maximum atomic E-state index is 12.2. The van der Waals surface area contributed by atoms with Gasteiger partial charge in [0, 0.05) is 18.0 Å². The van der Waals surface area contributed by atoms with Crippen LogP contribution in [0.3, 0.4) is 0 Å². The smallest absolute Gasteiger partial charge is 0.407 e. The monoisotopic (exact) mass is 397 g/mol. The average molecular weight is 398 g/mol. The van der Waals surface area contributed by atoms with E-state index in [0.29, 0.717) is 19.8 Å². The van der Waals surface area contributed by atoms with E-state index in [2.05, 4.69) is 15.5 Å². The standard InChI is InChI=1S/C21H39N3O4/c1-24(2)15-9-14-22-19(25)27-16-21(12-7-4-8-13-21)17-28-20(26)23-18-10-5-3-6-11-18/h18H,3-17H2,1-2H3,(H,22,25)(H,23,26). The van der Waals surface area contributed by atoms with E-state index in [1.165, 1.54) is 25.7 Å². The van der Waals surface area contributed by atoms with Crippen LogP contribution >= 0.6 is 0 Å². The first-order chi connectivity index (χ1) is 13.5. The molecule has 2 saturated carbocycles. The summed E-state index contributed by atoms with van der Waals surface area (Å²) in [5.74, 6) is 0. The zero-order chi connectivity index (χ0) is 20.2. The molecule has 2 rings (SSSR count). The first kappa shape index (κ1) is 22.8. The Balaban J connectivity index is 1.72. The predicted octanol–water partition coefficient (Wildman–Crippen LogP) is 3.67. The number of nitrogens with one attached hydrogen (secondary N) is 2. The quantitative estimate of drug-likeness (QED) is 0.580. The van der Waals surface area contributed by atoms with Crippen molar-refractivity contribution in [1.29, 1.82) is 0 Å². The number of amides is 2. The lowest BCUT2D eigenvalue weighted by atomic mass is 9.75. The van der Waals surface area contributed by atoms with E-state index in [-0.39, 0.29) is 23.6 Å². The van der Waals surface area contributed by atoms with Crippen LogP contribution in [0.25, 0.3) is 0 Å². The summed E-state index contributed by atoms with van der Waals surface area (Å²) in [6.45, 7) is 2.15. The zero-order valence-electron chi connectivity index (χ0n) is 17.8. The van der Waals surface area contributed by atoms with E-state index in [9.17, 15) is 9.59 Å². The van der Waals surface area contributed by atoms with Gasteiger partial charge >= 0.3 is 12.2 Å². The van der Waals surface area contributed by atoms with Crippen molar-refractivity contribution in [3.63, 3.8) is 0 Å². The van der Waals surface area contributed by atoms with Gasteiger partial charge in [-0.05, 0) is 52.7 Å². The minimum atomic E-state index is -0.379. The molecule has 2 fully saturated rings. The van der Waals surface area contributed by atoms with Gasteiger partial charge in [0.15, 0.2) is 0 Å². The molecule has 0 aromatic rings. The highest BCUT2D eigenvalue weighted by molar-refractivity contribution is 5.68. The van der Waals surface area contributed by atoms with Gasteiger partial charge in [-0.3, -0.25) is 0 Å². The second kappa shape index (κ2) is 12.1. The molecule has 0 saturated heterocycles. The third kappa shape index (κ3) is 8.67. The molecule has 0 aliphatic heterocycles. The molecule has 0 aromatic heterocycles. The maximum Gasteiger partial charge on any atom is 0.407 e. The molecule has 2 aliphatic rings. The molecule has 28 heavy (non-hydrogen) atoms. The van der Waals surface area contributed by atoms with Gasteiger partial charge in [0.05, 0.1) is 0 Å². The molecule has 0 aromatic carbocycles. The maximum absolute atomic E-state index is 12.2. The Bertz CT molecular complexity index is 472. The third-order valence-corrected chi connectivity index (χ3v) is 5.91. The number of carbonyl (C=O) groups is 2. The van der Waals surface area contributed by atoms with Gasteiger partial charge in [-0.15, -0.1) is 0 Å². The largest absolute Gasteiger partial charge is 0.449 e. The van der Waals surface area contributed by atoms with E-state index >= 15 is 0 Å². The van der Waals surface area contributed by atoms with Crippen molar-refractivity contribution in [2.24, 2.45) is 5.41 Å². The fourth-order valence-corrected chi connectivity index (χ4v) is 4.16. The van der Waals surface area contributed by atoms with Crippen molar-refractivity contribution in [1.82, 2.24) is 15.5 Å². The summed E-state index contributed by atoms with van der Waals surface area (Å²) in [5, 5.41) is 5.80. The number of ether oxygens (including phenoxy) is 2. The van der Waals surface area contributed by atoms with Crippen molar-refractivity contribution in [3.8, 4) is 0 Å². The first-order valence-corrected chi connectivity index (χ1v) is 11.0. The molecule has 2 aliphatic carbocycles. The van der Waals surface area contributed by atoms with Gasteiger partial charge in [0.1, 0.15) is 13.2 Å². The number of nitrogens with zero attached hydrogens (tertiary/aromatic N) is 1. The molecule has 2 N–H and O–H groups in total. The van der Waals surface area contributed by atoms with Gasteiger partial charge < -0.3 is 25.0 Å². The molecule has 0 heterocycles. The van der Waals surface area contributed by atoms with Crippen LogP contribution < -0.4 is 10.6 Å². The summed E-state index contributed by atoms with van der Waals surface area (Å²) in [4.78, 5) is 26.3. The normalized spacial score (nSPS) is 19.8. The first-order valence-electron chi connectivity index (χ1n) is 11.0. The fourth-order valence-electron chi connectivity index (χ4n) is 4.16. The molecule has 0 radical (unpaired) electrons. The lowest BCUT2D eigenvalue weighted by Gasteiger charge is -2.36. The van der Waals surface area contributed by atoms with Crippen LogP contribution in [0.15, 0.2) is 0 Å². The third-order valence-electron chi connectivity index (χ3n) is 5.91. The summed E-state index contributed by atoms with van der Waals surface area (Å²) in [5.41, 5.74) is -0.247. The molecule has 0 atom stereocenters. The van der Waals surface area contributed by atoms with Gasteiger partial charge in [-0.25, -0.2) is 9.59 Å². The number of hydrogen-bond acceptors (Lipinski definition) is 5. The van der Waals surface area contributed by atoms with E-state index in [1.807, 2.05) is 14.1 Å². The van der Waals surface area contributed by atoms with Gasteiger partial charge in [-0.1, -0.05) is 38.5 Å². The molecule has 7 nitrogen and oxygen atoms in total. The van der Waals surface area contributed by atoms with E-state index in [4.69, 9.17) is 9.47 Å². The fraction of sp³-hybridized carbons (Fsp3) is 0.905. The van der Waals surface area contributed by atoms with Crippen LogP contribution in [0.1, 0.15) is 70.6 Å². The number of rotatable bonds is 9. The van der Waals surface area contributed by atoms with Crippen molar-refractivity contribution < 1.29 is 19.1 Å². The molecule has 2 amide bonds. The second-order valence-electron chi connectivity index (χ2n) is 8.78. The van der Waals surface area contributed by atoms with Crippen LogP contribution in [0.4, 0.5) is 9.59 Å². The number of carbonyl (C=O) groups excluding carboxylic acids is 2. The van der Waals surface area contributed by atoms with E-state index in [0.717, 1.165) is 51.5 Å². The molecular formula is C21H39N3O4. The highest BCUT2D eigenvalue weighted by Crippen LogP contribution is 2.37. The van der Waals surface area contributed by atoms with Crippen molar-refractivity contribution in [3.05, 3.63) is 0 Å². The van der Waals surface area contributed by atoms with Crippen LogP contribution in [0.5, 0.6) is 0 Å². The molecule has 0 bridgehead atoms. The van der Waals surface area contributed by atoms with Crippen molar-refractivity contribution >= 4 is 12.2 Å². The highest BCUT2D eigenvalue weighted by atomic mass is 16.6. The lowest BCUT2D eigenvalue weighted by molar-refractivity contribution is 0.00222. The lowest BCUT2D eigenvalue weighted by Crippen LogP contribution is -2.41. The molecule has 162 valence electrons. The minimum absolute atomic E-state index is 0.243. The molecule has 7 heteroatoms. The Morgan fingerprint density at radius 1 is 0.929 bits per heavy atom. The summed E-state index contributed by atoms with van der Waals surface area (Å²) < 4.78 is 11.1. The number of hydrogen-bond donors (Lipinski definition) is 2. The molecular weight excluding hydrogens is 358 g/mol. The summed E-state index contributed by atoms with van der Waals surface area (Å²) in [6, 6.07) is 0.243. The van der Waals surface area contributed by atoms with Crippen molar-refractivity contribution in [2.45, 2.75) is 76.7 Å². The Morgan fingerprint density at radius 3 is 2.18 bits per heavy atom. The van der Waals surface area contributed by atoms with Crippen LogP contribution in [0, 0.1) is 5.41 Å². The summed E-state index contributed by atoms with van der Waals surface area (Å²) >= 11 is 0. The summed E-state index contributed by atoms with van der Waals surface area (Å²) in [6.07, 6.45) is 11.1. The van der Waals surface area contributed by atoms with Gasteiger partial charge in [-0.2, -0.15) is 0 Å². The minimum Gasteiger partial charge on any atom is -0.449 e. The Hall–Kier alpha value is -1.50. The van der Waals surface area contributed by atoms with E-state index < -0.39 is 0 Å². The number of alkyl carbamates (subject to hydrolysis) is 2. The van der Waals surface area contributed by atoms with Gasteiger partial charge in [0.25, 0.3) is 0 Å². The Kier molecular flexibility index (Phi) is 9.88. The SMILES string of the molecule is CN(C)CCCNC(=O)OCC1(COC(=O)NC2CCCCC2)CCCCC1. The zero-order valence-corrected chi connectivity index (χ0v) is 17.8. The Morgan fingerprint density at radius 2 is 1.54 bits per heavy atom. The van der Waals surface area contributed by atoms with Crippen LogP contribution in [0.2, 0.25) is 0 Å². The van der Waals surface area contributed by atoms with E-state index in [1.54, 1.807) is 0 Å². The second-order valence-corrected chi connectivity index (χ2v) is 8.78. The van der Waals surface area contributed by atoms with Crippen molar-refractivity contribution in [2.75, 3.05) is 40.4 Å². The molecule has 0 unspecified atom stereocenters. The topological polar surface area (TPSA) is 79.9 Å². The highest BCUT2D eigenvalue weighted by Gasteiger charge is 2.35. The molecule has 0 spiro atoms.